The Morgan fingerprint density at radius 2 is 1.80 bits per heavy atom. The molecule has 4 nitrogen and oxygen atoms in total. The molecule has 166 valence electrons. The van der Waals surface area contributed by atoms with Crippen LogP contribution in [0.4, 0.5) is 5.00 Å². The van der Waals surface area contributed by atoms with E-state index in [1.165, 1.54) is 45.6 Å². The summed E-state index contributed by atoms with van der Waals surface area (Å²) in [6.45, 7) is 6.41. The molecule has 4 fully saturated rings. The second-order valence-corrected chi connectivity index (χ2v) is 11.5. The SMILES string of the molecule is CCCC(NC(=S)Nc1sc(C)c(CC)c1C(=O)OC)C12CC3CC(CC(C3)C1)C2. The molecule has 6 heteroatoms. The van der Waals surface area contributed by atoms with Gasteiger partial charge in [0.2, 0.25) is 0 Å². The van der Waals surface area contributed by atoms with Crippen molar-refractivity contribution in [1.29, 1.82) is 0 Å². The van der Waals surface area contributed by atoms with Gasteiger partial charge in [-0.1, -0.05) is 20.3 Å². The van der Waals surface area contributed by atoms with Crippen LogP contribution in [0, 0.1) is 30.1 Å². The van der Waals surface area contributed by atoms with E-state index in [0.717, 1.165) is 52.5 Å². The molecule has 0 spiro atoms. The van der Waals surface area contributed by atoms with E-state index in [1.54, 1.807) is 11.3 Å². The Kier molecular flexibility index (Phi) is 6.45. The van der Waals surface area contributed by atoms with E-state index in [-0.39, 0.29) is 5.97 Å². The van der Waals surface area contributed by atoms with Gasteiger partial charge in [-0.15, -0.1) is 11.3 Å². The maximum Gasteiger partial charge on any atom is 0.341 e. The number of thiocarbonyl (C=S) groups is 1. The number of carbonyl (C=O) groups is 1. The third-order valence-electron chi connectivity index (χ3n) is 7.89. The lowest BCUT2D eigenvalue weighted by atomic mass is 9.47. The normalized spacial score (nSPS) is 30.2. The molecule has 0 aromatic carbocycles. The molecule has 1 aromatic heterocycles. The van der Waals surface area contributed by atoms with E-state index in [2.05, 4.69) is 31.4 Å². The standard InChI is InChI=1S/C24H36N2O2S2/c1-5-7-19(24-11-15-8-16(12-24)10-17(9-15)13-24)25-23(29)26-21-20(22(27)28-4)18(6-2)14(3)30-21/h15-17,19H,5-13H2,1-4H3,(H2,25,26,29). The minimum atomic E-state index is -0.285. The number of thiophene rings is 1. The number of methoxy groups -OCH3 is 1. The van der Waals surface area contributed by atoms with Gasteiger partial charge in [0.1, 0.15) is 5.00 Å². The molecule has 4 bridgehead atoms. The number of hydrogen-bond acceptors (Lipinski definition) is 4. The zero-order valence-electron chi connectivity index (χ0n) is 18.8. The number of nitrogens with one attached hydrogen (secondary N) is 2. The Morgan fingerprint density at radius 3 is 2.30 bits per heavy atom. The fourth-order valence-electron chi connectivity index (χ4n) is 7.13. The Labute approximate surface area is 190 Å². The predicted octanol–water partition coefficient (Wildman–Crippen LogP) is 6.08. The summed E-state index contributed by atoms with van der Waals surface area (Å²) in [5.41, 5.74) is 2.11. The molecule has 5 rings (SSSR count). The minimum absolute atomic E-state index is 0.285. The fourth-order valence-corrected chi connectivity index (χ4v) is 8.58. The van der Waals surface area contributed by atoms with E-state index in [0.29, 0.717) is 22.1 Å². The maximum absolute atomic E-state index is 12.4. The van der Waals surface area contributed by atoms with Gasteiger partial charge in [0, 0.05) is 10.9 Å². The number of anilines is 1. The summed E-state index contributed by atoms with van der Waals surface area (Å²) in [7, 11) is 1.44. The van der Waals surface area contributed by atoms with E-state index in [9.17, 15) is 4.79 Å². The van der Waals surface area contributed by atoms with Crippen molar-refractivity contribution in [2.75, 3.05) is 12.4 Å². The number of hydrogen-bond donors (Lipinski definition) is 2. The highest BCUT2D eigenvalue weighted by atomic mass is 32.1. The molecule has 4 aliphatic carbocycles. The molecular formula is C24H36N2O2S2. The summed E-state index contributed by atoms with van der Waals surface area (Å²) < 4.78 is 5.06. The summed E-state index contributed by atoms with van der Waals surface area (Å²) in [6.07, 6.45) is 11.6. The fraction of sp³-hybridized carbons (Fsp3) is 0.750. The summed E-state index contributed by atoms with van der Waals surface area (Å²) >= 11 is 7.38. The lowest BCUT2D eigenvalue weighted by Gasteiger charge is -2.59. The minimum Gasteiger partial charge on any atom is -0.465 e. The van der Waals surface area contributed by atoms with Crippen LogP contribution in [0.15, 0.2) is 0 Å². The molecule has 2 N–H and O–H groups in total. The zero-order valence-corrected chi connectivity index (χ0v) is 20.4. The van der Waals surface area contributed by atoms with E-state index in [1.807, 2.05) is 0 Å². The van der Waals surface area contributed by atoms with Crippen molar-refractivity contribution in [1.82, 2.24) is 5.32 Å². The predicted molar refractivity (Wildman–Crippen MR) is 128 cm³/mol. The molecule has 1 heterocycles. The molecule has 0 amide bonds. The molecule has 0 aliphatic heterocycles. The number of rotatable bonds is 7. The first-order valence-corrected chi connectivity index (χ1v) is 12.9. The lowest BCUT2D eigenvalue weighted by molar-refractivity contribution is -0.0718. The smallest absolute Gasteiger partial charge is 0.341 e. The second kappa shape index (κ2) is 8.78. The average molecular weight is 449 g/mol. The molecule has 1 aromatic rings. The van der Waals surface area contributed by atoms with Crippen LogP contribution < -0.4 is 10.6 Å². The highest BCUT2D eigenvalue weighted by molar-refractivity contribution is 7.80. The Balaban J connectivity index is 1.52. The monoisotopic (exact) mass is 448 g/mol. The summed E-state index contributed by atoms with van der Waals surface area (Å²) in [6, 6.07) is 0.421. The van der Waals surface area contributed by atoms with Crippen LogP contribution in [0.2, 0.25) is 0 Å². The number of ether oxygens (including phenoxy) is 1. The van der Waals surface area contributed by atoms with Crippen molar-refractivity contribution in [2.24, 2.45) is 23.2 Å². The molecule has 0 radical (unpaired) electrons. The van der Waals surface area contributed by atoms with Crippen molar-refractivity contribution in [3.8, 4) is 0 Å². The Bertz CT molecular complexity index is 781. The lowest BCUT2D eigenvalue weighted by Crippen LogP contribution is -2.57. The van der Waals surface area contributed by atoms with Crippen molar-refractivity contribution < 1.29 is 9.53 Å². The van der Waals surface area contributed by atoms with Gasteiger partial charge in [-0.2, -0.15) is 0 Å². The van der Waals surface area contributed by atoms with Crippen LogP contribution in [0.25, 0.3) is 0 Å². The molecule has 4 aliphatic rings. The molecule has 0 saturated heterocycles. The van der Waals surface area contributed by atoms with Gasteiger partial charge < -0.3 is 15.4 Å². The van der Waals surface area contributed by atoms with Crippen molar-refractivity contribution in [3.05, 3.63) is 16.0 Å². The van der Waals surface area contributed by atoms with Gasteiger partial charge in [0.15, 0.2) is 5.11 Å². The first-order chi connectivity index (χ1) is 14.4. The van der Waals surface area contributed by atoms with E-state index >= 15 is 0 Å². The highest BCUT2D eigenvalue weighted by Gasteiger charge is 2.54. The van der Waals surface area contributed by atoms with Crippen LogP contribution >= 0.6 is 23.6 Å². The van der Waals surface area contributed by atoms with Gasteiger partial charge >= 0.3 is 5.97 Å². The molecule has 1 atom stereocenters. The third-order valence-corrected chi connectivity index (χ3v) is 9.17. The second-order valence-electron chi connectivity index (χ2n) is 9.91. The molecule has 1 unspecified atom stereocenters. The first-order valence-electron chi connectivity index (χ1n) is 11.7. The summed E-state index contributed by atoms with van der Waals surface area (Å²) in [5, 5.41) is 8.57. The average Bonchev–Trinajstić information content (AvgIpc) is 3.00. The first kappa shape index (κ1) is 22.1. The molecule has 4 saturated carbocycles. The van der Waals surface area contributed by atoms with E-state index < -0.39 is 0 Å². The summed E-state index contributed by atoms with van der Waals surface area (Å²) in [4.78, 5) is 13.6. The zero-order chi connectivity index (χ0) is 21.5. The van der Waals surface area contributed by atoms with Crippen LogP contribution in [0.3, 0.4) is 0 Å². The van der Waals surface area contributed by atoms with Crippen LogP contribution in [0.1, 0.15) is 86.0 Å². The molecule has 30 heavy (non-hydrogen) atoms. The number of carbonyl (C=O) groups excluding carboxylic acids is 1. The largest absolute Gasteiger partial charge is 0.465 e. The summed E-state index contributed by atoms with van der Waals surface area (Å²) in [5.74, 6) is 2.50. The Morgan fingerprint density at radius 1 is 1.20 bits per heavy atom. The van der Waals surface area contributed by atoms with E-state index in [4.69, 9.17) is 17.0 Å². The van der Waals surface area contributed by atoms with Gasteiger partial charge in [0.25, 0.3) is 0 Å². The number of aryl methyl sites for hydroxylation is 1. The van der Waals surface area contributed by atoms with Crippen LogP contribution in [0.5, 0.6) is 0 Å². The van der Waals surface area contributed by atoms with Gasteiger partial charge in [-0.25, -0.2) is 4.79 Å². The molecular weight excluding hydrogens is 412 g/mol. The van der Waals surface area contributed by atoms with Crippen molar-refractivity contribution in [2.45, 2.75) is 84.6 Å². The maximum atomic E-state index is 12.4. The highest BCUT2D eigenvalue weighted by Crippen LogP contribution is 2.61. The topological polar surface area (TPSA) is 50.4 Å². The Hall–Kier alpha value is -1.14. The van der Waals surface area contributed by atoms with Gasteiger partial charge in [-0.05, 0) is 99.2 Å². The van der Waals surface area contributed by atoms with Crippen LogP contribution in [-0.2, 0) is 11.2 Å². The quantitative estimate of drug-likeness (QED) is 0.391. The van der Waals surface area contributed by atoms with Crippen LogP contribution in [-0.4, -0.2) is 24.2 Å². The van der Waals surface area contributed by atoms with Gasteiger partial charge in [-0.3, -0.25) is 0 Å². The van der Waals surface area contributed by atoms with Gasteiger partial charge in [0.05, 0.1) is 12.7 Å². The number of esters is 1. The van der Waals surface area contributed by atoms with Crippen molar-refractivity contribution >= 4 is 39.6 Å². The third kappa shape index (κ3) is 4.02. The van der Waals surface area contributed by atoms with Crippen molar-refractivity contribution in [3.63, 3.8) is 0 Å².